The molecule has 0 saturated heterocycles. The van der Waals surface area contributed by atoms with Gasteiger partial charge in [0.25, 0.3) is 0 Å². The van der Waals surface area contributed by atoms with E-state index < -0.39 is 0 Å². The van der Waals surface area contributed by atoms with Crippen molar-refractivity contribution in [2.24, 2.45) is 7.05 Å². The Bertz CT molecular complexity index is 669. The second-order valence-electron chi connectivity index (χ2n) is 4.12. The van der Waals surface area contributed by atoms with Crippen LogP contribution in [0.5, 0.6) is 0 Å². The van der Waals surface area contributed by atoms with E-state index in [1.165, 1.54) is 5.52 Å². The maximum atomic E-state index is 5.80. The number of fused-ring (bicyclic) bond motifs is 1. The molecular formula is C14H13N3. The molecule has 0 saturated carbocycles. The van der Waals surface area contributed by atoms with Crippen molar-refractivity contribution in [1.82, 2.24) is 9.55 Å². The molecule has 0 amide bonds. The molecule has 3 aromatic rings. The number of nitrogen functional groups attached to an aromatic ring is 1. The molecule has 0 aliphatic carbocycles. The highest BCUT2D eigenvalue weighted by Crippen LogP contribution is 2.26. The third kappa shape index (κ3) is 1.56. The van der Waals surface area contributed by atoms with E-state index in [9.17, 15) is 0 Å². The van der Waals surface area contributed by atoms with Gasteiger partial charge >= 0.3 is 0 Å². The van der Waals surface area contributed by atoms with E-state index in [2.05, 4.69) is 15.6 Å². The minimum Gasteiger partial charge on any atom is -0.399 e. The molecule has 1 aromatic carbocycles. The monoisotopic (exact) mass is 223 g/mol. The second-order valence-corrected chi connectivity index (χ2v) is 4.12. The highest BCUT2D eigenvalue weighted by atomic mass is 15.0. The van der Waals surface area contributed by atoms with Crippen LogP contribution in [0, 0.1) is 0 Å². The fraction of sp³-hybridized carbons (Fsp3) is 0.0714. The molecular weight excluding hydrogens is 210 g/mol. The Morgan fingerprint density at radius 1 is 1.12 bits per heavy atom. The van der Waals surface area contributed by atoms with Crippen LogP contribution in [0.1, 0.15) is 0 Å². The van der Waals surface area contributed by atoms with E-state index in [1.807, 2.05) is 43.4 Å². The molecule has 0 spiro atoms. The van der Waals surface area contributed by atoms with Crippen molar-refractivity contribution < 1.29 is 0 Å². The Kier molecular flexibility index (Phi) is 2.11. The summed E-state index contributed by atoms with van der Waals surface area (Å²) in [6.45, 7) is 0. The zero-order valence-corrected chi connectivity index (χ0v) is 9.59. The molecule has 3 rings (SSSR count). The lowest BCUT2D eigenvalue weighted by Crippen LogP contribution is -1.92. The molecule has 3 nitrogen and oxygen atoms in total. The third-order valence-corrected chi connectivity index (χ3v) is 2.99. The lowest BCUT2D eigenvalue weighted by atomic mass is 10.2. The van der Waals surface area contributed by atoms with Crippen molar-refractivity contribution in [3.8, 4) is 11.4 Å². The summed E-state index contributed by atoms with van der Waals surface area (Å²) >= 11 is 0. The summed E-state index contributed by atoms with van der Waals surface area (Å²) in [5, 5.41) is 1.15. The molecule has 0 unspecified atom stereocenters. The molecule has 3 heteroatoms. The number of rotatable bonds is 1. The van der Waals surface area contributed by atoms with Gasteiger partial charge in [-0.2, -0.15) is 0 Å². The molecule has 0 radical (unpaired) electrons. The maximum Gasteiger partial charge on any atom is 0.0866 e. The number of hydrogen-bond acceptors (Lipinski definition) is 2. The summed E-state index contributed by atoms with van der Waals surface area (Å²) in [5.41, 5.74) is 9.83. The van der Waals surface area contributed by atoms with Gasteiger partial charge in [0.1, 0.15) is 0 Å². The zero-order valence-electron chi connectivity index (χ0n) is 9.59. The fourth-order valence-corrected chi connectivity index (χ4v) is 2.13. The van der Waals surface area contributed by atoms with Crippen LogP contribution >= 0.6 is 0 Å². The first-order valence-electron chi connectivity index (χ1n) is 5.52. The van der Waals surface area contributed by atoms with Crippen LogP contribution in [0.3, 0.4) is 0 Å². The summed E-state index contributed by atoms with van der Waals surface area (Å²) in [6, 6.07) is 14.0. The summed E-state index contributed by atoms with van der Waals surface area (Å²) < 4.78 is 2.14. The number of pyridine rings is 1. The molecule has 0 fully saturated rings. The molecule has 84 valence electrons. The Balaban J connectivity index is 2.28. The Morgan fingerprint density at radius 3 is 2.76 bits per heavy atom. The molecule has 0 atom stereocenters. The second kappa shape index (κ2) is 3.63. The standard InChI is InChI=1S/C14H13N3/c1-17-13-6-5-11(15)8-10(13)9-14(17)12-4-2-3-7-16-12/h2-9H,15H2,1H3. The molecule has 2 heterocycles. The smallest absolute Gasteiger partial charge is 0.0866 e. The molecule has 2 N–H and O–H groups in total. The van der Waals surface area contributed by atoms with Crippen LogP contribution in [-0.2, 0) is 7.05 Å². The first-order valence-corrected chi connectivity index (χ1v) is 5.52. The Labute approximate surface area is 99.5 Å². The summed E-state index contributed by atoms with van der Waals surface area (Å²) in [4.78, 5) is 4.38. The highest BCUT2D eigenvalue weighted by molar-refractivity contribution is 5.88. The van der Waals surface area contributed by atoms with Gasteiger partial charge in [-0.3, -0.25) is 4.98 Å². The lowest BCUT2D eigenvalue weighted by Gasteiger charge is -2.03. The SMILES string of the molecule is Cn1c(-c2ccccn2)cc2cc(N)ccc21. The van der Waals surface area contributed by atoms with Gasteiger partial charge in [-0.05, 0) is 36.4 Å². The number of benzene rings is 1. The number of aryl methyl sites for hydroxylation is 1. The van der Waals surface area contributed by atoms with Gasteiger partial charge < -0.3 is 10.3 Å². The topological polar surface area (TPSA) is 43.8 Å². The van der Waals surface area contributed by atoms with Crippen LogP contribution in [0.4, 0.5) is 5.69 Å². The number of aromatic nitrogens is 2. The van der Waals surface area contributed by atoms with Gasteiger partial charge in [0, 0.05) is 29.8 Å². The first-order chi connectivity index (χ1) is 8.25. The van der Waals surface area contributed by atoms with E-state index in [0.717, 1.165) is 22.5 Å². The first kappa shape index (κ1) is 9.90. The normalized spacial score (nSPS) is 10.9. The predicted octanol–water partition coefficient (Wildman–Crippen LogP) is 2.82. The molecule has 0 aliphatic rings. The summed E-state index contributed by atoms with van der Waals surface area (Å²) in [7, 11) is 2.04. The van der Waals surface area contributed by atoms with Gasteiger partial charge in [-0.15, -0.1) is 0 Å². The number of anilines is 1. The van der Waals surface area contributed by atoms with Crippen LogP contribution in [0.2, 0.25) is 0 Å². The average molecular weight is 223 g/mol. The zero-order chi connectivity index (χ0) is 11.8. The molecule has 2 aromatic heterocycles. The van der Waals surface area contributed by atoms with Crippen molar-refractivity contribution in [3.63, 3.8) is 0 Å². The van der Waals surface area contributed by atoms with Crippen molar-refractivity contribution in [2.45, 2.75) is 0 Å². The molecule has 0 aliphatic heterocycles. The van der Waals surface area contributed by atoms with Crippen molar-refractivity contribution >= 4 is 16.6 Å². The van der Waals surface area contributed by atoms with E-state index >= 15 is 0 Å². The minimum absolute atomic E-state index is 0.788. The largest absolute Gasteiger partial charge is 0.399 e. The van der Waals surface area contributed by atoms with Crippen molar-refractivity contribution in [3.05, 3.63) is 48.7 Å². The van der Waals surface area contributed by atoms with Gasteiger partial charge in [-0.25, -0.2) is 0 Å². The van der Waals surface area contributed by atoms with Gasteiger partial charge in [0.15, 0.2) is 0 Å². The lowest BCUT2D eigenvalue weighted by molar-refractivity contribution is 0.970. The van der Waals surface area contributed by atoms with E-state index in [-0.39, 0.29) is 0 Å². The van der Waals surface area contributed by atoms with Crippen molar-refractivity contribution in [2.75, 3.05) is 5.73 Å². The Hall–Kier alpha value is -2.29. The van der Waals surface area contributed by atoms with E-state index in [1.54, 1.807) is 6.20 Å². The minimum atomic E-state index is 0.788. The number of hydrogen-bond donors (Lipinski definition) is 1. The maximum absolute atomic E-state index is 5.80. The third-order valence-electron chi connectivity index (χ3n) is 2.99. The average Bonchev–Trinajstić information content (AvgIpc) is 2.67. The van der Waals surface area contributed by atoms with E-state index in [4.69, 9.17) is 5.73 Å². The predicted molar refractivity (Wildman–Crippen MR) is 70.6 cm³/mol. The van der Waals surface area contributed by atoms with Crippen molar-refractivity contribution in [1.29, 1.82) is 0 Å². The summed E-state index contributed by atoms with van der Waals surface area (Å²) in [5.74, 6) is 0. The van der Waals surface area contributed by atoms with Crippen LogP contribution in [0.25, 0.3) is 22.3 Å². The Morgan fingerprint density at radius 2 is 2.00 bits per heavy atom. The van der Waals surface area contributed by atoms with Crippen LogP contribution in [0.15, 0.2) is 48.7 Å². The van der Waals surface area contributed by atoms with Gasteiger partial charge in [0.2, 0.25) is 0 Å². The molecule has 17 heavy (non-hydrogen) atoms. The van der Waals surface area contributed by atoms with Crippen LogP contribution < -0.4 is 5.73 Å². The molecule has 0 bridgehead atoms. The number of nitrogens with zero attached hydrogens (tertiary/aromatic N) is 2. The quantitative estimate of drug-likeness (QED) is 0.645. The highest BCUT2D eigenvalue weighted by Gasteiger charge is 2.08. The van der Waals surface area contributed by atoms with Gasteiger partial charge in [0.05, 0.1) is 11.4 Å². The fourth-order valence-electron chi connectivity index (χ4n) is 2.13. The van der Waals surface area contributed by atoms with Crippen LogP contribution in [-0.4, -0.2) is 9.55 Å². The number of nitrogens with two attached hydrogens (primary N) is 1. The van der Waals surface area contributed by atoms with E-state index in [0.29, 0.717) is 0 Å². The summed E-state index contributed by atoms with van der Waals surface area (Å²) in [6.07, 6.45) is 1.81. The van der Waals surface area contributed by atoms with Gasteiger partial charge in [-0.1, -0.05) is 6.07 Å².